The molecule has 0 saturated heterocycles. The van der Waals surface area contributed by atoms with E-state index in [2.05, 4.69) is 9.05 Å². The van der Waals surface area contributed by atoms with Crippen LogP contribution in [0.4, 0.5) is 27.6 Å². The minimum atomic E-state index is -3.96. The lowest BCUT2D eigenvalue weighted by Crippen LogP contribution is -2.23. The van der Waals surface area contributed by atoms with Crippen LogP contribution in [-0.4, -0.2) is 14.2 Å². The SMILES string of the molecule is COP(=O)(NNc1c(F)c(F)c(F)c(F)c1F)OC. The molecule has 0 amide bonds. The number of halogens is 5. The summed E-state index contributed by atoms with van der Waals surface area (Å²) in [6.07, 6.45) is 0. The molecule has 0 heterocycles. The lowest BCUT2D eigenvalue weighted by Gasteiger charge is -2.17. The van der Waals surface area contributed by atoms with Crippen LogP contribution in [0.1, 0.15) is 0 Å². The van der Waals surface area contributed by atoms with Crippen LogP contribution in [0.3, 0.4) is 0 Å². The van der Waals surface area contributed by atoms with Gasteiger partial charge in [0.1, 0.15) is 5.69 Å². The van der Waals surface area contributed by atoms with Crippen LogP contribution in [-0.2, 0) is 13.6 Å². The molecular formula is C8H8F5N2O3P. The third-order valence-corrected chi connectivity index (χ3v) is 3.36. The maximum absolute atomic E-state index is 13.2. The molecule has 108 valence electrons. The number of hydrogen-bond donors (Lipinski definition) is 2. The molecule has 2 N–H and O–H groups in total. The summed E-state index contributed by atoms with van der Waals surface area (Å²) in [5.74, 6) is -10.8. The van der Waals surface area contributed by atoms with Crippen molar-refractivity contribution in [2.24, 2.45) is 0 Å². The minimum Gasteiger partial charge on any atom is -0.307 e. The van der Waals surface area contributed by atoms with Crippen molar-refractivity contribution in [1.82, 2.24) is 5.20 Å². The molecule has 0 aliphatic carbocycles. The second-order valence-corrected chi connectivity index (χ2v) is 4.99. The summed E-state index contributed by atoms with van der Waals surface area (Å²) < 4.78 is 84.9. The molecule has 5 nitrogen and oxygen atoms in total. The van der Waals surface area contributed by atoms with Crippen LogP contribution in [0.15, 0.2) is 0 Å². The Kier molecular flexibility index (Phi) is 4.86. The van der Waals surface area contributed by atoms with Gasteiger partial charge in [-0.05, 0) is 0 Å². The second-order valence-electron chi connectivity index (χ2n) is 3.04. The highest BCUT2D eigenvalue weighted by Crippen LogP contribution is 2.41. The first-order valence-corrected chi connectivity index (χ1v) is 6.08. The average molecular weight is 306 g/mol. The van der Waals surface area contributed by atoms with E-state index in [0.29, 0.717) is 0 Å². The van der Waals surface area contributed by atoms with Gasteiger partial charge in [0, 0.05) is 14.2 Å². The first-order valence-electron chi connectivity index (χ1n) is 4.53. The predicted molar refractivity (Wildman–Crippen MR) is 54.6 cm³/mol. The van der Waals surface area contributed by atoms with Crippen LogP contribution in [0, 0.1) is 29.1 Å². The molecule has 0 saturated carbocycles. The summed E-state index contributed by atoms with van der Waals surface area (Å²) in [6.45, 7) is 0. The topological polar surface area (TPSA) is 59.6 Å². The lowest BCUT2D eigenvalue weighted by atomic mass is 10.2. The van der Waals surface area contributed by atoms with Crippen LogP contribution in [0.5, 0.6) is 0 Å². The smallest absolute Gasteiger partial charge is 0.307 e. The van der Waals surface area contributed by atoms with E-state index in [1.165, 1.54) is 0 Å². The Morgan fingerprint density at radius 2 is 1.21 bits per heavy atom. The summed E-state index contributed by atoms with van der Waals surface area (Å²) in [5.41, 5.74) is 0.161. The van der Waals surface area contributed by atoms with Gasteiger partial charge in [-0.15, -0.1) is 5.20 Å². The maximum atomic E-state index is 13.2. The van der Waals surface area contributed by atoms with Gasteiger partial charge in [-0.1, -0.05) is 0 Å². The van der Waals surface area contributed by atoms with Crippen molar-refractivity contribution < 1.29 is 35.6 Å². The zero-order valence-electron chi connectivity index (χ0n) is 9.56. The molecule has 1 rings (SSSR count). The summed E-state index contributed by atoms with van der Waals surface area (Å²) in [6, 6.07) is 0. The van der Waals surface area contributed by atoms with E-state index in [-0.39, 0.29) is 0 Å². The standard InChI is InChI=1S/C8H8F5N2O3P/c1-17-19(16,18-2)15-14-8-6(12)4(10)3(9)5(11)7(8)13/h14H,1-2H3,(H,15,16). The highest BCUT2D eigenvalue weighted by atomic mass is 31.2. The number of benzene rings is 1. The molecule has 0 aliphatic heterocycles. The van der Waals surface area contributed by atoms with E-state index < -0.39 is 42.5 Å². The molecule has 1 aromatic rings. The normalized spacial score (nSPS) is 11.7. The fourth-order valence-corrected chi connectivity index (χ4v) is 1.59. The van der Waals surface area contributed by atoms with Crippen molar-refractivity contribution in [3.63, 3.8) is 0 Å². The molecule has 19 heavy (non-hydrogen) atoms. The summed E-state index contributed by atoms with van der Waals surface area (Å²) >= 11 is 0. The molecular weight excluding hydrogens is 298 g/mol. The van der Waals surface area contributed by atoms with Crippen molar-refractivity contribution in [2.75, 3.05) is 19.6 Å². The maximum Gasteiger partial charge on any atom is 0.422 e. The van der Waals surface area contributed by atoms with E-state index in [1.54, 1.807) is 10.6 Å². The monoisotopic (exact) mass is 306 g/mol. The molecule has 0 bridgehead atoms. The summed E-state index contributed by atoms with van der Waals surface area (Å²) in [4.78, 5) is 0. The van der Waals surface area contributed by atoms with Gasteiger partial charge in [0.15, 0.2) is 23.3 Å². The Balaban J connectivity index is 3.13. The Morgan fingerprint density at radius 3 is 1.58 bits per heavy atom. The first-order chi connectivity index (χ1) is 8.77. The largest absolute Gasteiger partial charge is 0.422 e. The van der Waals surface area contributed by atoms with E-state index in [0.717, 1.165) is 14.2 Å². The van der Waals surface area contributed by atoms with E-state index >= 15 is 0 Å². The quantitative estimate of drug-likeness (QED) is 0.288. The van der Waals surface area contributed by atoms with Gasteiger partial charge in [-0.2, -0.15) is 0 Å². The molecule has 0 spiro atoms. The van der Waals surface area contributed by atoms with E-state index in [9.17, 15) is 26.5 Å². The predicted octanol–water partition coefficient (Wildman–Crippen LogP) is 2.70. The molecule has 0 aliphatic rings. The lowest BCUT2D eigenvalue weighted by molar-refractivity contribution is 0.267. The number of hydrazine groups is 1. The number of rotatable bonds is 5. The van der Waals surface area contributed by atoms with Crippen molar-refractivity contribution in [3.05, 3.63) is 29.1 Å². The minimum absolute atomic E-state index is 0.942. The Labute approximate surface area is 104 Å². The fourth-order valence-electron chi connectivity index (χ4n) is 1.00. The third-order valence-electron chi connectivity index (χ3n) is 2.01. The molecule has 0 radical (unpaired) electrons. The van der Waals surface area contributed by atoms with Gasteiger partial charge in [0.2, 0.25) is 5.82 Å². The van der Waals surface area contributed by atoms with Crippen molar-refractivity contribution in [1.29, 1.82) is 0 Å². The van der Waals surface area contributed by atoms with Crippen molar-refractivity contribution in [3.8, 4) is 0 Å². The highest BCUT2D eigenvalue weighted by molar-refractivity contribution is 7.51. The molecule has 0 aromatic heterocycles. The summed E-state index contributed by atoms with van der Waals surface area (Å²) in [7, 11) is -2.08. The van der Waals surface area contributed by atoms with E-state index in [1.807, 2.05) is 0 Å². The summed E-state index contributed by atoms with van der Waals surface area (Å²) in [5, 5.41) is 1.69. The Morgan fingerprint density at radius 1 is 0.842 bits per heavy atom. The number of hydrogen-bond acceptors (Lipinski definition) is 4. The van der Waals surface area contributed by atoms with Crippen LogP contribution >= 0.6 is 7.75 Å². The fraction of sp³-hybridized carbons (Fsp3) is 0.250. The average Bonchev–Trinajstić information content (AvgIpc) is 2.42. The van der Waals surface area contributed by atoms with Crippen molar-refractivity contribution in [2.45, 2.75) is 0 Å². The van der Waals surface area contributed by atoms with Gasteiger partial charge >= 0.3 is 7.75 Å². The highest BCUT2D eigenvalue weighted by Gasteiger charge is 2.28. The zero-order chi connectivity index (χ0) is 14.8. The number of anilines is 1. The van der Waals surface area contributed by atoms with Gasteiger partial charge < -0.3 is 5.43 Å². The third kappa shape index (κ3) is 3.03. The van der Waals surface area contributed by atoms with Crippen LogP contribution < -0.4 is 10.6 Å². The van der Waals surface area contributed by atoms with Crippen LogP contribution in [0.2, 0.25) is 0 Å². The second kappa shape index (κ2) is 5.83. The molecule has 0 unspecified atom stereocenters. The first kappa shape index (κ1) is 15.8. The Bertz CT molecular complexity index is 505. The van der Waals surface area contributed by atoms with E-state index in [4.69, 9.17) is 0 Å². The van der Waals surface area contributed by atoms with Gasteiger partial charge in [-0.3, -0.25) is 9.05 Å². The van der Waals surface area contributed by atoms with Gasteiger partial charge in [0.25, 0.3) is 0 Å². The molecule has 0 fully saturated rings. The molecule has 0 atom stereocenters. The van der Waals surface area contributed by atoms with Crippen LogP contribution in [0.25, 0.3) is 0 Å². The van der Waals surface area contributed by atoms with Crippen molar-refractivity contribution >= 4 is 13.4 Å². The van der Waals surface area contributed by atoms with Gasteiger partial charge in [-0.25, -0.2) is 26.5 Å². The number of nitrogens with one attached hydrogen (secondary N) is 2. The Hall–Kier alpha value is -1.22. The van der Waals surface area contributed by atoms with Gasteiger partial charge in [0.05, 0.1) is 0 Å². The zero-order valence-corrected chi connectivity index (χ0v) is 10.5. The molecule has 1 aromatic carbocycles. The molecule has 11 heteroatoms.